The molecule has 6 nitrogen and oxygen atoms in total. The molecule has 1 heterocycles. The quantitative estimate of drug-likeness (QED) is 0.836. The molecule has 2 N–H and O–H groups in total. The maximum Gasteiger partial charge on any atom is 0.407 e. The molecule has 1 aliphatic heterocycles. The number of piperidine rings is 1. The molecule has 1 aromatic rings. The number of alkyl carbamates (subject to hydrolysis) is 1. The van der Waals surface area contributed by atoms with Gasteiger partial charge in [-0.2, -0.15) is 0 Å². The Balaban J connectivity index is 1.85. The Hall–Kier alpha value is -1.95. The van der Waals surface area contributed by atoms with E-state index in [-0.39, 0.29) is 24.0 Å². The highest BCUT2D eigenvalue weighted by atomic mass is 35.5. The van der Waals surface area contributed by atoms with Crippen LogP contribution >= 0.6 is 11.6 Å². The molecule has 0 spiro atoms. The molecule has 0 saturated carbocycles. The number of hydrogen-bond donors (Lipinski definition) is 2. The van der Waals surface area contributed by atoms with E-state index in [1.54, 1.807) is 6.07 Å². The molecule has 26 heavy (non-hydrogen) atoms. The van der Waals surface area contributed by atoms with Crippen LogP contribution in [0.3, 0.4) is 0 Å². The van der Waals surface area contributed by atoms with Gasteiger partial charge in [0.25, 0.3) is 0 Å². The number of nitrogens with zero attached hydrogens (tertiary/aromatic N) is 1. The standard InChI is InChI=1S/C19H27ClN2O4/c1-19(2,3)26-18(25)21-11-13-5-4-8-22(12-13)17(24)9-14-6-7-15(23)10-16(14)20/h6-7,10,13,23H,4-5,8-9,11-12H2,1-3H3,(H,21,25). The van der Waals surface area contributed by atoms with Gasteiger partial charge in [0.15, 0.2) is 0 Å². The molecule has 1 aromatic carbocycles. The van der Waals surface area contributed by atoms with Crippen LogP contribution in [0.15, 0.2) is 18.2 Å². The van der Waals surface area contributed by atoms with Crippen LogP contribution in [0.5, 0.6) is 5.75 Å². The lowest BCUT2D eigenvalue weighted by molar-refractivity contribution is -0.132. The number of phenols is 1. The molecule has 1 atom stereocenters. The number of halogens is 1. The largest absolute Gasteiger partial charge is 0.508 e. The minimum Gasteiger partial charge on any atom is -0.508 e. The minimum absolute atomic E-state index is 0.000409. The number of phenolic OH excluding ortho intramolecular Hbond substituents is 1. The summed E-state index contributed by atoms with van der Waals surface area (Å²) in [6, 6.07) is 4.63. The van der Waals surface area contributed by atoms with Crippen LogP contribution in [0.1, 0.15) is 39.2 Å². The molecule has 0 aliphatic carbocycles. The van der Waals surface area contributed by atoms with Crippen molar-refractivity contribution in [3.8, 4) is 5.75 Å². The van der Waals surface area contributed by atoms with Crippen molar-refractivity contribution in [2.75, 3.05) is 19.6 Å². The molecule has 7 heteroatoms. The average molecular weight is 383 g/mol. The zero-order valence-corrected chi connectivity index (χ0v) is 16.3. The van der Waals surface area contributed by atoms with Crippen LogP contribution in [0, 0.1) is 5.92 Å². The molecule has 1 aliphatic rings. The molecule has 0 radical (unpaired) electrons. The van der Waals surface area contributed by atoms with E-state index in [4.69, 9.17) is 16.3 Å². The van der Waals surface area contributed by atoms with Gasteiger partial charge in [0.05, 0.1) is 6.42 Å². The van der Waals surface area contributed by atoms with Gasteiger partial charge in [-0.05, 0) is 57.2 Å². The van der Waals surface area contributed by atoms with Crippen molar-refractivity contribution in [2.24, 2.45) is 5.92 Å². The number of nitrogens with one attached hydrogen (secondary N) is 1. The predicted octanol–water partition coefficient (Wildman–Crippen LogP) is 3.35. The lowest BCUT2D eigenvalue weighted by atomic mass is 9.97. The molecule has 2 rings (SSSR count). The van der Waals surface area contributed by atoms with Gasteiger partial charge in [-0.1, -0.05) is 17.7 Å². The molecule has 1 unspecified atom stereocenters. The van der Waals surface area contributed by atoms with E-state index in [2.05, 4.69) is 5.32 Å². The molecule has 2 amide bonds. The van der Waals surface area contributed by atoms with E-state index >= 15 is 0 Å². The van der Waals surface area contributed by atoms with Crippen molar-refractivity contribution in [1.82, 2.24) is 10.2 Å². The number of amides is 2. The second-order valence-electron chi connectivity index (χ2n) is 7.68. The van der Waals surface area contributed by atoms with E-state index < -0.39 is 11.7 Å². The number of aromatic hydroxyl groups is 1. The van der Waals surface area contributed by atoms with Gasteiger partial charge >= 0.3 is 6.09 Å². The van der Waals surface area contributed by atoms with Crippen LogP contribution in [0.2, 0.25) is 5.02 Å². The topological polar surface area (TPSA) is 78.9 Å². The number of ether oxygens (including phenoxy) is 1. The minimum atomic E-state index is -0.526. The summed E-state index contributed by atoms with van der Waals surface area (Å²) in [6.07, 6.45) is 1.62. The monoisotopic (exact) mass is 382 g/mol. The van der Waals surface area contributed by atoms with Crippen molar-refractivity contribution in [3.63, 3.8) is 0 Å². The smallest absolute Gasteiger partial charge is 0.407 e. The summed E-state index contributed by atoms with van der Waals surface area (Å²) in [5.74, 6) is 0.285. The Morgan fingerprint density at radius 3 is 2.77 bits per heavy atom. The van der Waals surface area contributed by atoms with Crippen LogP contribution in [0.25, 0.3) is 0 Å². The Bertz CT molecular complexity index is 657. The highest BCUT2D eigenvalue weighted by Crippen LogP contribution is 2.23. The number of likely N-dealkylation sites (tertiary alicyclic amines) is 1. The van der Waals surface area contributed by atoms with E-state index in [1.807, 2.05) is 25.7 Å². The van der Waals surface area contributed by atoms with E-state index in [0.717, 1.165) is 12.8 Å². The third-order valence-electron chi connectivity index (χ3n) is 4.18. The van der Waals surface area contributed by atoms with Gasteiger partial charge in [0.2, 0.25) is 5.91 Å². The van der Waals surface area contributed by atoms with Crippen molar-refractivity contribution in [3.05, 3.63) is 28.8 Å². The fourth-order valence-electron chi connectivity index (χ4n) is 2.95. The van der Waals surface area contributed by atoms with Gasteiger partial charge < -0.3 is 20.1 Å². The molecular formula is C19H27ClN2O4. The summed E-state index contributed by atoms with van der Waals surface area (Å²) in [5.41, 5.74) is 0.172. The molecule has 144 valence electrons. The zero-order valence-electron chi connectivity index (χ0n) is 15.5. The van der Waals surface area contributed by atoms with E-state index in [1.165, 1.54) is 12.1 Å². The molecule has 1 saturated heterocycles. The predicted molar refractivity (Wildman–Crippen MR) is 100 cm³/mol. The number of carbonyl (C=O) groups is 2. The summed E-state index contributed by atoms with van der Waals surface area (Å²) in [5, 5.41) is 12.6. The van der Waals surface area contributed by atoms with Crippen LogP contribution in [-0.4, -0.2) is 47.2 Å². The van der Waals surface area contributed by atoms with Gasteiger partial charge in [0.1, 0.15) is 11.4 Å². The van der Waals surface area contributed by atoms with E-state index in [0.29, 0.717) is 30.2 Å². The molecule has 1 fully saturated rings. The summed E-state index contributed by atoms with van der Waals surface area (Å²) in [6.45, 7) is 7.26. The molecular weight excluding hydrogens is 356 g/mol. The van der Waals surface area contributed by atoms with Crippen molar-refractivity contribution < 1.29 is 19.4 Å². The fraction of sp³-hybridized carbons (Fsp3) is 0.579. The highest BCUT2D eigenvalue weighted by Gasteiger charge is 2.25. The van der Waals surface area contributed by atoms with Crippen LogP contribution in [0.4, 0.5) is 4.79 Å². The SMILES string of the molecule is CC(C)(C)OC(=O)NCC1CCCN(C(=O)Cc2ccc(O)cc2Cl)C1. The number of benzene rings is 1. The first-order chi connectivity index (χ1) is 12.1. The van der Waals surface area contributed by atoms with Gasteiger partial charge in [0, 0.05) is 24.7 Å². The number of rotatable bonds is 4. The normalized spacial score (nSPS) is 17.7. The van der Waals surface area contributed by atoms with Gasteiger partial charge in [-0.15, -0.1) is 0 Å². The highest BCUT2D eigenvalue weighted by molar-refractivity contribution is 6.31. The third kappa shape index (κ3) is 6.41. The second kappa shape index (κ2) is 8.62. The Kier molecular flexibility index (Phi) is 6.75. The first-order valence-corrected chi connectivity index (χ1v) is 9.24. The molecule has 0 bridgehead atoms. The van der Waals surface area contributed by atoms with Gasteiger partial charge in [-0.25, -0.2) is 4.79 Å². The molecule has 0 aromatic heterocycles. The lowest BCUT2D eigenvalue weighted by Crippen LogP contribution is -2.45. The summed E-state index contributed by atoms with van der Waals surface area (Å²) < 4.78 is 5.24. The Morgan fingerprint density at radius 2 is 2.12 bits per heavy atom. The van der Waals surface area contributed by atoms with Gasteiger partial charge in [-0.3, -0.25) is 4.79 Å². The first kappa shape index (κ1) is 20.4. The summed E-state index contributed by atoms with van der Waals surface area (Å²) >= 11 is 6.09. The summed E-state index contributed by atoms with van der Waals surface area (Å²) in [7, 11) is 0. The van der Waals surface area contributed by atoms with Crippen molar-refractivity contribution >= 4 is 23.6 Å². The van der Waals surface area contributed by atoms with Crippen LogP contribution < -0.4 is 5.32 Å². The second-order valence-corrected chi connectivity index (χ2v) is 8.09. The van der Waals surface area contributed by atoms with Crippen molar-refractivity contribution in [2.45, 2.75) is 45.6 Å². The zero-order chi connectivity index (χ0) is 19.3. The number of carbonyl (C=O) groups excluding carboxylic acids is 2. The first-order valence-electron chi connectivity index (χ1n) is 8.86. The maximum atomic E-state index is 12.6. The lowest BCUT2D eigenvalue weighted by Gasteiger charge is -2.33. The average Bonchev–Trinajstić information content (AvgIpc) is 2.54. The van der Waals surface area contributed by atoms with Crippen molar-refractivity contribution in [1.29, 1.82) is 0 Å². The Labute approximate surface area is 159 Å². The third-order valence-corrected chi connectivity index (χ3v) is 4.54. The maximum absolute atomic E-state index is 12.6. The number of hydrogen-bond acceptors (Lipinski definition) is 4. The summed E-state index contributed by atoms with van der Waals surface area (Å²) in [4.78, 5) is 26.2. The van der Waals surface area contributed by atoms with E-state index in [9.17, 15) is 14.7 Å². The Morgan fingerprint density at radius 1 is 1.38 bits per heavy atom. The fourth-order valence-corrected chi connectivity index (χ4v) is 3.20. The van der Waals surface area contributed by atoms with Crippen LogP contribution in [-0.2, 0) is 16.0 Å².